The van der Waals surface area contributed by atoms with Gasteiger partial charge in [0, 0.05) is 11.8 Å². The Bertz CT molecular complexity index is 337. The molecule has 1 rings (SSSR count). The third kappa shape index (κ3) is 1.93. The number of nitrogens with one attached hydrogen (secondary N) is 1. The molecule has 0 amide bonds. The van der Waals surface area contributed by atoms with Crippen molar-refractivity contribution >= 4 is 0 Å². The lowest BCUT2D eigenvalue weighted by atomic mass is 10.1. The van der Waals surface area contributed by atoms with Gasteiger partial charge in [-0.1, -0.05) is 0 Å². The Balaban J connectivity index is 3.21. The summed E-state index contributed by atoms with van der Waals surface area (Å²) in [6, 6.07) is 0.486. The topological polar surface area (TPSA) is 15.8 Å². The van der Waals surface area contributed by atoms with Crippen LogP contribution in [0.2, 0.25) is 0 Å². The van der Waals surface area contributed by atoms with Crippen molar-refractivity contribution in [2.45, 2.75) is 18.5 Å². The molecular weight excluding hydrogens is 231 g/mol. The predicted octanol–water partition coefficient (Wildman–Crippen LogP) is 3.61. The number of hydrogen-bond acceptors (Lipinski definition) is 0. The first-order valence-corrected chi connectivity index (χ1v) is 3.58. The predicted molar refractivity (Wildman–Crippen MR) is 35.7 cm³/mol. The molecule has 0 bridgehead atoms. The fourth-order valence-electron chi connectivity index (χ4n) is 0.977. The second kappa shape index (κ2) is 3.42. The van der Waals surface area contributed by atoms with E-state index in [0.717, 1.165) is 0 Å². The molecular formula is C7H4F7N. The normalized spacial score (nSPS) is 13.6. The maximum Gasteiger partial charge on any atom is 0.459 e. The van der Waals surface area contributed by atoms with E-state index in [1.54, 1.807) is 0 Å². The minimum atomic E-state index is -5.90. The summed E-state index contributed by atoms with van der Waals surface area (Å²) in [5, 5.41) is 0. The number of H-pyrrole nitrogens is 1. The fraction of sp³-hybridized carbons (Fsp3) is 0.429. The van der Waals surface area contributed by atoms with E-state index < -0.39 is 29.8 Å². The first kappa shape index (κ1) is 11.9. The van der Waals surface area contributed by atoms with Gasteiger partial charge in [-0.2, -0.15) is 22.0 Å². The maximum absolute atomic E-state index is 12.6. The maximum atomic E-state index is 12.6. The Morgan fingerprint density at radius 2 is 1.60 bits per heavy atom. The number of hydrogen-bond donors (Lipinski definition) is 1. The van der Waals surface area contributed by atoms with Crippen LogP contribution >= 0.6 is 0 Å². The van der Waals surface area contributed by atoms with Crippen LogP contribution in [0.3, 0.4) is 0 Å². The number of halogens is 7. The summed E-state index contributed by atoms with van der Waals surface area (Å²) in [6.45, 7) is 0. The summed E-state index contributed by atoms with van der Waals surface area (Å²) >= 11 is 0. The number of rotatable bonds is 2. The van der Waals surface area contributed by atoms with Crippen molar-refractivity contribution < 1.29 is 30.7 Å². The van der Waals surface area contributed by atoms with Gasteiger partial charge in [0.1, 0.15) is 5.69 Å². The van der Waals surface area contributed by atoms with E-state index in [4.69, 9.17) is 0 Å². The van der Waals surface area contributed by atoms with Crippen LogP contribution in [0.15, 0.2) is 12.3 Å². The molecule has 0 saturated heterocycles. The van der Waals surface area contributed by atoms with Gasteiger partial charge in [0.05, 0.1) is 0 Å². The fourth-order valence-corrected chi connectivity index (χ4v) is 0.977. The Labute approximate surface area is 78.9 Å². The molecule has 0 atom stereocenters. The average Bonchev–Trinajstić information content (AvgIpc) is 2.48. The van der Waals surface area contributed by atoms with Crippen LogP contribution < -0.4 is 0 Å². The van der Waals surface area contributed by atoms with Gasteiger partial charge in [-0.15, -0.1) is 0 Å². The molecule has 0 saturated carbocycles. The van der Waals surface area contributed by atoms with Gasteiger partial charge in [0.15, 0.2) is 0 Å². The Morgan fingerprint density at radius 3 is 2.00 bits per heavy atom. The highest BCUT2D eigenvalue weighted by Crippen LogP contribution is 2.45. The van der Waals surface area contributed by atoms with Crippen LogP contribution in [0.1, 0.15) is 17.7 Å². The molecule has 0 aliphatic rings. The van der Waals surface area contributed by atoms with Crippen LogP contribution in [0.4, 0.5) is 30.7 Å². The lowest BCUT2D eigenvalue weighted by Gasteiger charge is -2.19. The van der Waals surface area contributed by atoms with Gasteiger partial charge in [0.25, 0.3) is 6.43 Å². The van der Waals surface area contributed by atoms with E-state index in [2.05, 4.69) is 0 Å². The number of alkyl halides is 7. The van der Waals surface area contributed by atoms with Gasteiger partial charge in [-0.05, 0) is 6.07 Å². The molecule has 15 heavy (non-hydrogen) atoms. The van der Waals surface area contributed by atoms with Crippen molar-refractivity contribution in [3.63, 3.8) is 0 Å². The highest BCUT2D eigenvalue weighted by molar-refractivity contribution is 5.27. The summed E-state index contributed by atoms with van der Waals surface area (Å²) in [5.41, 5.74) is -3.16. The van der Waals surface area contributed by atoms with Crippen LogP contribution in [0.25, 0.3) is 0 Å². The second-order valence-electron chi connectivity index (χ2n) is 2.68. The zero-order valence-corrected chi connectivity index (χ0v) is 6.88. The van der Waals surface area contributed by atoms with Crippen LogP contribution in [0.5, 0.6) is 0 Å². The molecule has 0 aliphatic carbocycles. The monoisotopic (exact) mass is 235 g/mol. The molecule has 1 aromatic heterocycles. The SMILES string of the molecule is FC(F)c1cc[nH]c1C(F)(F)C(F)(F)F. The highest BCUT2D eigenvalue weighted by atomic mass is 19.4. The van der Waals surface area contributed by atoms with E-state index in [1.807, 2.05) is 0 Å². The van der Waals surface area contributed by atoms with E-state index in [9.17, 15) is 30.7 Å². The minimum absolute atomic E-state index is 0.486. The van der Waals surface area contributed by atoms with Crippen molar-refractivity contribution in [3.05, 3.63) is 23.5 Å². The van der Waals surface area contributed by atoms with Crippen LogP contribution in [0, 0.1) is 0 Å². The number of aromatic amines is 1. The lowest BCUT2D eigenvalue weighted by Crippen LogP contribution is -2.34. The average molecular weight is 235 g/mol. The molecule has 0 aliphatic heterocycles. The van der Waals surface area contributed by atoms with Crippen LogP contribution in [-0.2, 0) is 5.92 Å². The third-order valence-corrected chi connectivity index (χ3v) is 1.68. The Hall–Kier alpha value is -1.21. The van der Waals surface area contributed by atoms with Crippen molar-refractivity contribution in [1.82, 2.24) is 4.98 Å². The van der Waals surface area contributed by atoms with Gasteiger partial charge in [-0.3, -0.25) is 0 Å². The highest BCUT2D eigenvalue weighted by Gasteiger charge is 2.60. The smallest absolute Gasteiger partial charge is 0.359 e. The number of aromatic nitrogens is 1. The van der Waals surface area contributed by atoms with Crippen molar-refractivity contribution in [2.75, 3.05) is 0 Å². The van der Waals surface area contributed by atoms with Gasteiger partial charge in [0.2, 0.25) is 0 Å². The summed E-state index contributed by atoms with van der Waals surface area (Å²) < 4.78 is 84.8. The lowest BCUT2D eigenvalue weighted by molar-refractivity contribution is -0.291. The standard InChI is InChI=1S/C7H4F7N/c8-5(9)3-1-2-15-4(3)6(10,11)7(12,13)14/h1-2,5,15H. The third-order valence-electron chi connectivity index (χ3n) is 1.68. The van der Waals surface area contributed by atoms with Crippen molar-refractivity contribution in [3.8, 4) is 0 Å². The van der Waals surface area contributed by atoms with E-state index >= 15 is 0 Å². The zero-order valence-electron chi connectivity index (χ0n) is 6.88. The van der Waals surface area contributed by atoms with Crippen molar-refractivity contribution in [2.24, 2.45) is 0 Å². The zero-order chi connectivity index (χ0) is 11.9. The summed E-state index contributed by atoms with van der Waals surface area (Å²) in [7, 11) is 0. The first-order chi connectivity index (χ1) is 6.68. The van der Waals surface area contributed by atoms with Gasteiger partial charge in [-0.25, -0.2) is 8.78 Å². The molecule has 0 spiro atoms. The minimum Gasteiger partial charge on any atom is -0.359 e. The molecule has 0 unspecified atom stereocenters. The summed E-state index contributed by atoms with van der Waals surface area (Å²) in [4.78, 5) is 1.48. The second-order valence-corrected chi connectivity index (χ2v) is 2.68. The largest absolute Gasteiger partial charge is 0.459 e. The first-order valence-electron chi connectivity index (χ1n) is 3.58. The molecule has 86 valence electrons. The summed E-state index contributed by atoms with van der Waals surface area (Å²) in [5.74, 6) is -5.30. The van der Waals surface area contributed by atoms with E-state index in [-0.39, 0.29) is 0 Å². The van der Waals surface area contributed by atoms with Crippen LogP contribution in [-0.4, -0.2) is 11.2 Å². The van der Waals surface area contributed by atoms with Gasteiger partial charge >= 0.3 is 12.1 Å². The molecule has 1 N–H and O–H groups in total. The molecule has 0 fully saturated rings. The molecule has 1 aromatic rings. The molecule has 8 heteroatoms. The van der Waals surface area contributed by atoms with Gasteiger partial charge < -0.3 is 4.98 Å². The molecule has 1 nitrogen and oxygen atoms in total. The molecule has 0 aromatic carbocycles. The Morgan fingerprint density at radius 1 is 1.07 bits per heavy atom. The van der Waals surface area contributed by atoms with E-state index in [1.165, 1.54) is 4.98 Å². The molecule has 1 heterocycles. The quantitative estimate of drug-likeness (QED) is 0.753. The summed E-state index contributed by atoms with van der Waals surface area (Å²) in [6.07, 6.45) is -8.68. The van der Waals surface area contributed by atoms with Crippen molar-refractivity contribution in [1.29, 1.82) is 0 Å². The Kier molecular flexibility index (Phi) is 2.71. The van der Waals surface area contributed by atoms with E-state index in [0.29, 0.717) is 12.3 Å². The molecule has 0 radical (unpaired) electrons.